The molecule has 5 heteroatoms. The van der Waals surface area contributed by atoms with Crippen molar-refractivity contribution < 1.29 is 18.8 Å². The van der Waals surface area contributed by atoms with Gasteiger partial charge in [-0.1, -0.05) is 24.3 Å². The van der Waals surface area contributed by atoms with Crippen LogP contribution in [0.5, 0.6) is 0 Å². The Bertz CT molecular complexity index is 580. The molecule has 4 nitrogen and oxygen atoms in total. The predicted molar refractivity (Wildman–Crippen MR) is 85.0 cm³/mol. The van der Waals surface area contributed by atoms with Gasteiger partial charge in [0, 0.05) is 0 Å². The molecule has 1 aromatic rings. The first kappa shape index (κ1) is 15.6. The first-order valence-electron chi connectivity index (χ1n) is 7.78. The van der Waals surface area contributed by atoms with E-state index < -0.39 is 0 Å². The highest BCUT2D eigenvalue weighted by molar-refractivity contribution is 6.62. The van der Waals surface area contributed by atoms with E-state index in [1.165, 1.54) is 7.11 Å². The summed E-state index contributed by atoms with van der Waals surface area (Å²) in [6, 6.07) is 8.17. The molecule has 0 unspecified atom stereocenters. The molecule has 0 radical (unpaired) electrons. The highest BCUT2D eigenvalue weighted by Crippen LogP contribution is 2.48. The van der Waals surface area contributed by atoms with Gasteiger partial charge in [0.15, 0.2) is 0 Å². The van der Waals surface area contributed by atoms with Crippen LogP contribution in [0.2, 0.25) is 0 Å². The van der Waals surface area contributed by atoms with Gasteiger partial charge in [0.05, 0.1) is 24.2 Å². The highest BCUT2D eigenvalue weighted by Gasteiger charge is 2.52. The summed E-state index contributed by atoms with van der Waals surface area (Å²) in [4.78, 5) is 11.6. The first-order chi connectivity index (χ1) is 10.2. The van der Waals surface area contributed by atoms with Crippen molar-refractivity contribution in [2.24, 2.45) is 5.92 Å². The Morgan fingerprint density at radius 1 is 1.23 bits per heavy atom. The number of ether oxygens (including phenoxy) is 1. The SMILES string of the molecule is COC(=O)[C@@H]1C[C@H]1c1cccc(B2OC(C)(C)C(C)(C)O2)c1. The van der Waals surface area contributed by atoms with Crippen molar-refractivity contribution in [2.45, 2.75) is 51.2 Å². The number of carbonyl (C=O) groups is 1. The standard InChI is InChI=1S/C17H23BO4/c1-16(2)17(3,4)22-18(21-16)12-8-6-7-11(9-12)13-10-14(13)15(19)20-5/h6-9,13-14H,10H2,1-5H3/t13-,14+/m0/s1. The van der Waals surface area contributed by atoms with E-state index in [0.717, 1.165) is 17.4 Å². The summed E-state index contributed by atoms with van der Waals surface area (Å²) in [5, 5.41) is 0. The Hall–Kier alpha value is -1.33. The summed E-state index contributed by atoms with van der Waals surface area (Å²) in [7, 11) is 1.08. The van der Waals surface area contributed by atoms with Crippen LogP contribution in [0.25, 0.3) is 0 Å². The average molecular weight is 302 g/mol. The summed E-state index contributed by atoms with van der Waals surface area (Å²) in [5.74, 6) is 0.138. The fourth-order valence-corrected chi connectivity index (χ4v) is 2.89. The number of methoxy groups -OCH3 is 1. The summed E-state index contributed by atoms with van der Waals surface area (Å²) in [5.41, 5.74) is 1.47. The molecule has 1 aromatic carbocycles. The molecule has 22 heavy (non-hydrogen) atoms. The minimum absolute atomic E-state index is 0.00135. The fourth-order valence-electron chi connectivity index (χ4n) is 2.89. The monoisotopic (exact) mass is 302 g/mol. The molecular weight excluding hydrogens is 279 g/mol. The van der Waals surface area contributed by atoms with Crippen LogP contribution in [0, 0.1) is 5.92 Å². The summed E-state index contributed by atoms with van der Waals surface area (Å²) < 4.78 is 17.0. The first-order valence-corrected chi connectivity index (χ1v) is 7.78. The zero-order chi connectivity index (χ0) is 16.1. The predicted octanol–water partition coefficient (Wildman–Crippen LogP) is 2.26. The number of rotatable bonds is 3. The van der Waals surface area contributed by atoms with E-state index in [0.29, 0.717) is 0 Å². The van der Waals surface area contributed by atoms with E-state index >= 15 is 0 Å². The quantitative estimate of drug-likeness (QED) is 0.634. The van der Waals surface area contributed by atoms with Gasteiger partial charge in [-0.05, 0) is 51.1 Å². The van der Waals surface area contributed by atoms with Crippen LogP contribution in [-0.2, 0) is 18.8 Å². The lowest BCUT2D eigenvalue weighted by atomic mass is 9.78. The van der Waals surface area contributed by atoms with Crippen LogP contribution in [-0.4, -0.2) is 31.4 Å². The lowest BCUT2D eigenvalue weighted by Gasteiger charge is -2.32. The number of carbonyl (C=O) groups excluding carboxylic acids is 1. The third-order valence-electron chi connectivity index (χ3n) is 5.16. The van der Waals surface area contributed by atoms with Crippen molar-refractivity contribution in [1.29, 1.82) is 0 Å². The summed E-state index contributed by atoms with van der Waals surface area (Å²) in [6.45, 7) is 8.19. The highest BCUT2D eigenvalue weighted by atomic mass is 16.7. The van der Waals surface area contributed by atoms with Crippen LogP contribution in [0.4, 0.5) is 0 Å². The van der Waals surface area contributed by atoms with Gasteiger partial charge < -0.3 is 14.0 Å². The van der Waals surface area contributed by atoms with Gasteiger partial charge >= 0.3 is 13.1 Å². The van der Waals surface area contributed by atoms with Gasteiger partial charge in [0.1, 0.15) is 0 Å². The molecule has 2 aliphatic rings. The van der Waals surface area contributed by atoms with Crippen LogP contribution >= 0.6 is 0 Å². The molecule has 0 aromatic heterocycles. The molecule has 1 heterocycles. The van der Waals surface area contributed by atoms with Gasteiger partial charge in [0.2, 0.25) is 0 Å². The Morgan fingerprint density at radius 3 is 2.45 bits per heavy atom. The zero-order valence-corrected chi connectivity index (χ0v) is 13.9. The van der Waals surface area contributed by atoms with Crippen LogP contribution in [0.3, 0.4) is 0 Å². The van der Waals surface area contributed by atoms with Crippen molar-refractivity contribution in [3.63, 3.8) is 0 Å². The minimum Gasteiger partial charge on any atom is -0.469 e. The van der Waals surface area contributed by atoms with Gasteiger partial charge in [-0.3, -0.25) is 4.79 Å². The van der Waals surface area contributed by atoms with E-state index in [9.17, 15) is 4.79 Å². The fraction of sp³-hybridized carbons (Fsp3) is 0.588. The van der Waals surface area contributed by atoms with Crippen molar-refractivity contribution in [3.8, 4) is 0 Å². The molecule has 1 saturated carbocycles. The molecule has 1 aliphatic heterocycles. The molecule has 0 amide bonds. The molecule has 118 valence electrons. The summed E-state index contributed by atoms with van der Waals surface area (Å²) in [6.07, 6.45) is 0.861. The van der Waals surface area contributed by atoms with E-state index in [4.69, 9.17) is 14.0 Å². The topological polar surface area (TPSA) is 44.8 Å². The molecule has 2 fully saturated rings. The van der Waals surface area contributed by atoms with E-state index in [1.807, 2.05) is 39.8 Å². The van der Waals surface area contributed by atoms with Crippen LogP contribution < -0.4 is 5.46 Å². The van der Waals surface area contributed by atoms with Crippen molar-refractivity contribution >= 4 is 18.6 Å². The maximum atomic E-state index is 11.6. The molecule has 1 saturated heterocycles. The maximum absolute atomic E-state index is 11.6. The van der Waals surface area contributed by atoms with E-state index in [-0.39, 0.29) is 36.1 Å². The third kappa shape index (κ3) is 2.57. The average Bonchev–Trinajstić information content (AvgIpc) is 3.21. The van der Waals surface area contributed by atoms with Crippen molar-refractivity contribution in [1.82, 2.24) is 0 Å². The molecule has 3 rings (SSSR count). The van der Waals surface area contributed by atoms with Gasteiger partial charge in [0.25, 0.3) is 0 Å². The number of esters is 1. The van der Waals surface area contributed by atoms with Crippen molar-refractivity contribution in [3.05, 3.63) is 29.8 Å². The lowest BCUT2D eigenvalue weighted by Crippen LogP contribution is -2.41. The smallest absolute Gasteiger partial charge is 0.469 e. The van der Waals surface area contributed by atoms with Crippen LogP contribution in [0.1, 0.15) is 45.6 Å². The maximum Gasteiger partial charge on any atom is 0.494 e. The zero-order valence-electron chi connectivity index (χ0n) is 13.9. The second kappa shape index (κ2) is 5.10. The lowest BCUT2D eigenvalue weighted by molar-refractivity contribution is -0.142. The Labute approximate surface area is 132 Å². The number of hydrogen-bond acceptors (Lipinski definition) is 4. The number of benzene rings is 1. The van der Waals surface area contributed by atoms with Crippen LogP contribution in [0.15, 0.2) is 24.3 Å². The van der Waals surface area contributed by atoms with Crippen molar-refractivity contribution in [2.75, 3.05) is 7.11 Å². The molecule has 0 bridgehead atoms. The minimum atomic E-state index is -0.361. The molecule has 2 atom stereocenters. The van der Waals surface area contributed by atoms with Gasteiger partial charge in [-0.2, -0.15) is 0 Å². The second-order valence-corrected chi connectivity index (χ2v) is 7.23. The molecule has 0 spiro atoms. The second-order valence-electron chi connectivity index (χ2n) is 7.23. The van der Waals surface area contributed by atoms with E-state index in [2.05, 4.69) is 12.1 Å². The Balaban J connectivity index is 1.78. The summed E-state index contributed by atoms with van der Waals surface area (Å²) >= 11 is 0. The normalized spacial score (nSPS) is 28.5. The Morgan fingerprint density at radius 2 is 1.86 bits per heavy atom. The van der Waals surface area contributed by atoms with E-state index in [1.54, 1.807) is 0 Å². The molecule has 0 N–H and O–H groups in total. The number of hydrogen-bond donors (Lipinski definition) is 0. The molecule has 1 aliphatic carbocycles. The Kier molecular flexibility index (Phi) is 3.61. The largest absolute Gasteiger partial charge is 0.494 e. The van der Waals surface area contributed by atoms with Gasteiger partial charge in [-0.15, -0.1) is 0 Å². The van der Waals surface area contributed by atoms with Gasteiger partial charge in [-0.25, -0.2) is 0 Å². The molecular formula is C17H23BO4. The third-order valence-corrected chi connectivity index (χ3v) is 5.16.